The summed E-state index contributed by atoms with van der Waals surface area (Å²) in [5.41, 5.74) is 1.22. The van der Waals surface area contributed by atoms with Crippen LogP contribution in [0.15, 0.2) is 0 Å². The Morgan fingerprint density at radius 2 is 1.90 bits per heavy atom. The molecule has 1 rings (SSSR count). The monoisotopic (exact) mass is 298 g/mol. The minimum atomic E-state index is -0.969. The van der Waals surface area contributed by atoms with E-state index >= 15 is 0 Å². The van der Waals surface area contributed by atoms with Gasteiger partial charge in [-0.15, -0.1) is 11.3 Å². The standard InChI is InChI=1S/C13H18N2O4S/c1-4-9(16)15-13-11(7(2)8(3)20-13)12(19)14-6-5-10(17)18/h4-6H2,1-3H3,(H,14,19)(H,15,16)(H,17,18). The Balaban J connectivity index is 2.88. The molecule has 0 unspecified atom stereocenters. The molecule has 1 aromatic heterocycles. The maximum absolute atomic E-state index is 12.1. The van der Waals surface area contributed by atoms with Crippen molar-refractivity contribution in [2.45, 2.75) is 33.6 Å². The van der Waals surface area contributed by atoms with E-state index in [0.29, 0.717) is 17.0 Å². The number of anilines is 1. The molecule has 0 aliphatic rings. The van der Waals surface area contributed by atoms with Crippen LogP contribution in [-0.2, 0) is 9.59 Å². The van der Waals surface area contributed by atoms with Gasteiger partial charge >= 0.3 is 5.97 Å². The van der Waals surface area contributed by atoms with Crippen molar-refractivity contribution in [3.05, 3.63) is 16.0 Å². The third kappa shape index (κ3) is 4.06. The fourth-order valence-electron chi connectivity index (χ4n) is 1.57. The average molecular weight is 298 g/mol. The second-order valence-corrected chi connectivity index (χ2v) is 5.51. The summed E-state index contributed by atoms with van der Waals surface area (Å²) in [6.45, 7) is 5.47. The first-order valence-electron chi connectivity index (χ1n) is 6.26. The number of rotatable bonds is 6. The van der Waals surface area contributed by atoms with E-state index in [9.17, 15) is 14.4 Å². The quantitative estimate of drug-likeness (QED) is 0.747. The van der Waals surface area contributed by atoms with Crippen LogP contribution in [0.4, 0.5) is 5.00 Å². The van der Waals surface area contributed by atoms with Gasteiger partial charge in [-0.3, -0.25) is 14.4 Å². The van der Waals surface area contributed by atoms with Gasteiger partial charge < -0.3 is 15.7 Å². The maximum atomic E-state index is 12.1. The summed E-state index contributed by atoms with van der Waals surface area (Å²) in [6.07, 6.45) is 0.195. The van der Waals surface area contributed by atoms with Crippen LogP contribution in [0, 0.1) is 13.8 Å². The second kappa shape index (κ2) is 7.04. The zero-order valence-corrected chi connectivity index (χ0v) is 12.5. The fraction of sp³-hybridized carbons (Fsp3) is 0.462. The molecule has 6 nitrogen and oxygen atoms in total. The Bertz CT molecular complexity index is 537. The molecular formula is C13H18N2O4S. The molecule has 0 fully saturated rings. The van der Waals surface area contributed by atoms with Crippen molar-refractivity contribution < 1.29 is 19.5 Å². The van der Waals surface area contributed by atoms with E-state index in [-0.39, 0.29) is 24.8 Å². The second-order valence-electron chi connectivity index (χ2n) is 4.29. The molecule has 1 aromatic rings. The van der Waals surface area contributed by atoms with Gasteiger partial charge in [-0.25, -0.2) is 0 Å². The number of carboxylic acids is 1. The molecule has 0 radical (unpaired) electrons. The van der Waals surface area contributed by atoms with Crippen LogP contribution in [0.2, 0.25) is 0 Å². The molecule has 0 saturated heterocycles. The zero-order valence-electron chi connectivity index (χ0n) is 11.7. The molecule has 110 valence electrons. The highest BCUT2D eigenvalue weighted by Gasteiger charge is 2.20. The number of thiophene rings is 1. The van der Waals surface area contributed by atoms with E-state index in [2.05, 4.69) is 10.6 Å². The molecule has 0 spiro atoms. The Hall–Kier alpha value is -1.89. The van der Waals surface area contributed by atoms with Crippen LogP contribution < -0.4 is 10.6 Å². The molecule has 0 atom stereocenters. The molecule has 20 heavy (non-hydrogen) atoms. The molecule has 0 aliphatic carbocycles. The van der Waals surface area contributed by atoms with Crippen molar-refractivity contribution in [1.29, 1.82) is 0 Å². The predicted molar refractivity (Wildman–Crippen MR) is 77.3 cm³/mol. The normalized spacial score (nSPS) is 10.2. The number of aryl methyl sites for hydroxylation is 1. The van der Waals surface area contributed by atoms with Crippen LogP contribution in [-0.4, -0.2) is 29.4 Å². The molecule has 1 heterocycles. The van der Waals surface area contributed by atoms with Gasteiger partial charge in [0.25, 0.3) is 5.91 Å². The van der Waals surface area contributed by atoms with E-state index in [0.717, 1.165) is 10.4 Å². The van der Waals surface area contributed by atoms with Gasteiger partial charge in [0.1, 0.15) is 5.00 Å². The third-order valence-corrected chi connectivity index (χ3v) is 3.93. The summed E-state index contributed by atoms with van der Waals surface area (Å²) in [6, 6.07) is 0. The van der Waals surface area contributed by atoms with Gasteiger partial charge in [0.15, 0.2) is 0 Å². The molecule has 0 aromatic carbocycles. The molecular weight excluding hydrogens is 280 g/mol. The minimum Gasteiger partial charge on any atom is -0.481 e. The van der Waals surface area contributed by atoms with Gasteiger partial charge in [0, 0.05) is 17.8 Å². The maximum Gasteiger partial charge on any atom is 0.305 e. The van der Waals surface area contributed by atoms with Crippen LogP contribution in [0.5, 0.6) is 0 Å². The first-order valence-corrected chi connectivity index (χ1v) is 7.08. The van der Waals surface area contributed by atoms with Crippen molar-refractivity contribution in [2.24, 2.45) is 0 Å². The van der Waals surface area contributed by atoms with E-state index in [1.807, 2.05) is 6.92 Å². The fourth-order valence-corrected chi connectivity index (χ4v) is 2.65. The molecule has 0 aliphatic heterocycles. The SMILES string of the molecule is CCC(=O)Nc1sc(C)c(C)c1C(=O)NCCC(=O)O. The molecule has 0 saturated carbocycles. The molecule has 0 bridgehead atoms. The van der Waals surface area contributed by atoms with Crippen molar-refractivity contribution in [2.75, 3.05) is 11.9 Å². The summed E-state index contributed by atoms with van der Waals surface area (Å²) >= 11 is 1.34. The number of aliphatic carboxylic acids is 1. The van der Waals surface area contributed by atoms with Crippen LogP contribution in [0.3, 0.4) is 0 Å². The lowest BCUT2D eigenvalue weighted by Gasteiger charge is -2.07. The van der Waals surface area contributed by atoms with Crippen molar-refractivity contribution in [1.82, 2.24) is 5.32 Å². The van der Waals surface area contributed by atoms with Crippen molar-refractivity contribution >= 4 is 34.1 Å². The predicted octanol–water partition coefficient (Wildman–Crippen LogP) is 1.92. The number of carbonyl (C=O) groups is 3. The molecule has 7 heteroatoms. The van der Waals surface area contributed by atoms with Gasteiger partial charge in [0.2, 0.25) is 5.91 Å². The van der Waals surface area contributed by atoms with E-state index < -0.39 is 5.97 Å². The van der Waals surface area contributed by atoms with E-state index in [4.69, 9.17) is 5.11 Å². The Morgan fingerprint density at radius 1 is 1.25 bits per heavy atom. The first-order chi connectivity index (χ1) is 9.36. The number of amides is 2. The summed E-state index contributed by atoms with van der Waals surface area (Å²) in [5.74, 6) is -1.49. The minimum absolute atomic E-state index is 0.0592. The smallest absolute Gasteiger partial charge is 0.305 e. The van der Waals surface area contributed by atoms with E-state index in [1.165, 1.54) is 11.3 Å². The Labute approximate surface area is 121 Å². The van der Waals surface area contributed by atoms with Crippen molar-refractivity contribution in [3.63, 3.8) is 0 Å². The van der Waals surface area contributed by atoms with Gasteiger partial charge in [-0.05, 0) is 19.4 Å². The lowest BCUT2D eigenvalue weighted by Crippen LogP contribution is -2.27. The number of hydrogen-bond donors (Lipinski definition) is 3. The summed E-state index contributed by atoms with van der Waals surface area (Å²) in [7, 11) is 0. The van der Waals surface area contributed by atoms with Crippen LogP contribution in [0.25, 0.3) is 0 Å². The lowest BCUT2D eigenvalue weighted by molar-refractivity contribution is -0.136. The summed E-state index contributed by atoms with van der Waals surface area (Å²) in [5, 5.41) is 14.3. The van der Waals surface area contributed by atoms with E-state index in [1.54, 1.807) is 13.8 Å². The summed E-state index contributed by atoms with van der Waals surface area (Å²) in [4.78, 5) is 34.9. The Kier molecular flexibility index (Phi) is 5.69. The number of carboxylic acid groups (broad SMARTS) is 1. The first kappa shape index (κ1) is 16.2. The topological polar surface area (TPSA) is 95.5 Å². The molecule has 3 N–H and O–H groups in total. The lowest BCUT2D eigenvalue weighted by atomic mass is 10.1. The highest BCUT2D eigenvalue weighted by molar-refractivity contribution is 7.16. The van der Waals surface area contributed by atoms with Crippen LogP contribution in [0.1, 0.15) is 40.6 Å². The highest BCUT2D eigenvalue weighted by Crippen LogP contribution is 2.32. The van der Waals surface area contributed by atoms with Gasteiger partial charge in [0.05, 0.1) is 12.0 Å². The average Bonchev–Trinajstić information content (AvgIpc) is 2.64. The van der Waals surface area contributed by atoms with Crippen molar-refractivity contribution in [3.8, 4) is 0 Å². The summed E-state index contributed by atoms with van der Waals surface area (Å²) < 4.78 is 0. The largest absolute Gasteiger partial charge is 0.481 e. The highest BCUT2D eigenvalue weighted by atomic mass is 32.1. The third-order valence-electron chi connectivity index (χ3n) is 2.81. The number of carbonyl (C=O) groups excluding carboxylic acids is 2. The number of hydrogen-bond acceptors (Lipinski definition) is 4. The zero-order chi connectivity index (χ0) is 15.3. The Morgan fingerprint density at radius 3 is 2.45 bits per heavy atom. The number of nitrogens with one attached hydrogen (secondary N) is 2. The molecule has 2 amide bonds. The van der Waals surface area contributed by atoms with Gasteiger partial charge in [-0.1, -0.05) is 6.92 Å². The van der Waals surface area contributed by atoms with Crippen LogP contribution >= 0.6 is 11.3 Å². The van der Waals surface area contributed by atoms with Gasteiger partial charge in [-0.2, -0.15) is 0 Å².